The molecule has 1 aliphatic carbocycles. The van der Waals surface area contributed by atoms with Gasteiger partial charge in [-0.15, -0.1) is 11.3 Å². The van der Waals surface area contributed by atoms with E-state index in [-0.39, 0.29) is 5.91 Å². The molecule has 1 aromatic rings. The van der Waals surface area contributed by atoms with Gasteiger partial charge in [0.05, 0.1) is 0 Å². The third-order valence-corrected chi connectivity index (χ3v) is 5.67. The smallest absolute Gasteiger partial charge is 0.262 e. The highest BCUT2D eigenvalue weighted by Crippen LogP contribution is 2.29. The molecule has 1 aliphatic rings. The maximum Gasteiger partial charge on any atom is 0.262 e. The molecule has 2 rings (SSSR count). The fourth-order valence-electron chi connectivity index (χ4n) is 2.85. The van der Waals surface area contributed by atoms with E-state index in [1.165, 1.54) is 23.8 Å². The molecule has 3 atom stereocenters. The third-order valence-electron chi connectivity index (χ3n) is 4.48. The molecule has 0 spiro atoms. The molecule has 1 fully saturated rings. The maximum atomic E-state index is 11.8. The number of amides is 1. The number of carbonyl (C=O) groups is 1. The van der Waals surface area contributed by atoms with Crippen LogP contribution in [0.15, 0.2) is 18.2 Å². The number of thiophene rings is 1. The van der Waals surface area contributed by atoms with Crippen LogP contribution in [0.5, 0.6) is 0 Å². The van der Waals surface area contributed by atoms with Crippen molar-refractivity contribution in [2.24, 2.45) is 11.8 Å². The molecule has 6 heteroatoms. The van der Waals surface area contributed by atoms with Crippen molar-refractivity contribution in [2.45, 2.75) is 46.1 Å². The van der Waals surface area contributed by atoms with E-state index >= 15 is 0 Å². The average molecular weight is 352 g/mol. The minimum atomic E-state index is -0.217. The van der Waals surface area contributed by atoms with Crippen molar-refractivity contribution in [3.05, 3.63) is 28.0 Å². The summed E-state index contributed by atoms with van der Waals surface area (Å²) in [5.74, 6) is 1.07. The highest BCUT2D eigenvalue weighted by molar-refractivity contribution is 7.80. The quantitative estimate of drug-likeness (QED) is 0.444. The molecule has 0 aliphatic heterocycles. The Balaban J connectivity index is 1.73. The lowest BCUT2D eigenvalue weighted by molar-refractivity contribution is -0.116. The number of nitrogens with one attached hydrogen (secondary N) is 3. The zero-order chi connectivity index (χ0) is 16.8. The van der Waals surface area contributed by atoms with Crippen LogP contribution in [0.3, 0.4) is 0 Å². The summed E-state index contributed by atoms with van der Waals surface area (Å²) >= 11 is 6.92. The summed E-state index contributed by atoms with van der Waals surface area (Å²) in [6.07, 6.45) is 6.94. The van der Waals surface area contributed by atoms with E-state index in [4.69, 9.17) is 12.2 Å². The van der Waals surface area contributed by atoms with Gasteiger partial charge in [-0.3, -0.25) is 15.6 Å². The minimum Gasteiger partial charge on any atom is -0.358 e. The number of thiocarbonyl (C=S) groups is 1. The van der Waals surface area contributed by atoms with Crippen LogP contribution in [0.25, 0.3) is 6.08 Å². The molecule has 0 bridgehead atoms. The Bertz CT molecular complexity index is 582. The van der Waals surface area contributed by atoms with Gasteiger partial charge in [0.25, 0.3) is 5.91 Å². The SMILES string of the molecule is Cc1ccc(/C=C/C(=O)NNC(=S)N[C@H]2CCC[C@@H](C)[C@@H]2C)s1. The molecule has 0 aromatic carbocycles. The van der Waals surface area contributed by atoms with Crippen molar-refractivity contribution in [2.75, 3.05) is 0 Å². The number of aryl methyl sites for hydroxylation is 1. The average Bonchev–Trinajstić information content (AvgIpc) is 2.93. The number of hydrazine groups is 1. The molecule has 3 N–H and O–H groups in total. The molecule has 126 valence electrons. The second kappa shape index (κ2) is 8.45. The highest BCUT2D eigenvalue weighted by atomic mass is 32.1. The predicted molar refractivity (Wildman–Crippen MR) is 101 cm³/mol. The molecule has 4 nitrogen and oxygen atoms in total. The van der Waals surface area contributed by atoms with Gasteiger partial charge in [-0.05, 0) is 55.6 Å². The fraction of sp³-hybridized carbons (Fsp3) is 0.529. The zero-order valence-corrected chi connectivity index (χ0v) is 15.5. The van der Waals surface area contributed by atoms with E-state index in [0.717, 1.165) is 11.3 Å². The van der Waals surface area contributed by atoms with Crippen LogP contribution in [0, 0.1) is 18.8 Å². The first kappa shape index (κ1) is 17.9. The summed E-state index contributed by atoms with van der Waals surface area (Å²) in [6.45, 7) is 6.59. The van der Waals surface area contributed by atoms with Crippen LogP contribution < -0.4 is 16.2 Å². The van der Waals surface area contributed by atoms with Gasteiger partial charge < -0.3 is 5.32 Å². The summed E-state index contributed by atoms with van der Waals surface area (Å²) < 4.78 is 0. The van der Waals surface area contributed by atoms with E-state index < -0.39 is 0 Å². The number of rotatable bonds is 3. The Kier molecular flexibility index (Phi) is 6.59. The van der Waals surface area contributed by atoms with Crippen molar-refractivity contribution < 1.29 is 4.79 Å². The molecule has 1 heterocycles. The van der Waals surface area contributed by atoms with Crippen LogP contribution in [0.1, 0.15) is 42.9 Å². The summed E-state index contributed by atoms with van der Waals surface area (Å²) in [5, 5.41) is 3.79. The van der Waals surface area contributed by atoms with E-state index in [9.17, 15) is 4.79 Å². The summed E-state index contributed by atoms with van der Waals surface area (Å²) in [5.41, 5.74) is 5.38. The van der Waals surface area contributed by atoms with Gasteiger partial charge in [0.2, 0.25) is 0 Å². The molecule has 1 amide bonds. The van der Waals surface area contributed by atoms with Crippen LogP contribution >= 0.6 is 23.6 Å². The van der Waals surface area contributed by atoms with Crippen molar-refractivity contribution in [3.63, 3.8) is 0 Å². The van der Waals surface area contributed by atoms with E-state index in [2.05, 4.69) is 30.0 Å². The molecule has 1 saturated carbocycles. The topological polar surface area (TPSA) is 53.2 Å². The molecule has 0 saturated heterocycles. The van der Waals surface area contributed by atoms with Gasteiger partial charge in [0, 0.05) is 21.9 Å². The molecule has 23 heavy (non-hydrogen) atoms. The zero-order valence-electron chi connectivity index (χ0n) is 13.9. The first-order chi connectivity index (χ1) is 11.0. The summed E-state index contributed by atoms with van der Waals surface area (Å²) in [7, 11) is 0. The highest BCUT2D eigenvalue weighted by Gasteiger charge is 2.27. The van der Waals surface area contributed by atoms with Crippen LogP contribution in [-0.2, 0) is 4.79 Å². The van der Waals surface area contributed by atoms with Crippen molar-refractivity contribution in [3.8, 4) is 0 Å². The predicted octanol–water partition coefficient (Wildman–Crippen LogP) is 3.39. The normalized spacial score (nSPS) is 24.4. The van der Waals surface area contributed by atoms with E-state index in [1.807, 2.05) is 19.1 Å². The molecular weight excluding hydrogens is 326 g/mol. The lowest BCUT2D eigenvalue weighted by Crippen LogP contribution is -2.52. The Morgan fingerprint density at radius 3 is 2.78 bits per heavy atom. The Labute approximate surface area is 147 Å². The van der Waals surface area contributed by atoms with Gasteiger partial charge in [-0.2, -0.15) is 0 Å². The van der Waals surface area contributed by atoms with Gasteiger partial charge in [0.15, 0.2) is 5.11 Å². The summed E-state index contributed by atoms with van der Waals surface area (Å²) in [4.78, 5) is 14.1. The lowest BCUT2D eigenvalue weighted by Gasteiger charge is -2.35. The van der Waals surface area contributed by atoms with Crippen LogP contribution in [-0.4, -0.2) is 17.1 Å². The monoisotopic (exact) mass is 351 g/mol. The largest absolute Gasteiger partial charge is 0.358 e. The van der Waals surface area contributed by atoms with Crippen molar-refractivity contribution in [1.29, 1.82) is 0 Å². The molecular formula is C17H25N3OS2. The Morgan fingerprint density at radius 2 is 2.09 bits per heavy atom. The van der Waals surface area contributed by atoms with Gasteiger partial charge in [-0.25, -0.2) is 0 Å². The van der Waals surface area contributed by atoms with Crippen molar-refractivity contribution in [1.82, 2.24) is 16.2 Å². The van der Waals surface area contributed by atoms with Crippen LogP contribution in [0.4, 0.5) is 0 Å². The third kappa shape index (κ3) is 5.62. The fourth-order valence-corrected chi connectivity index (χ4v) is 3.83. The van der Waals surface area contributed by atoms with Gasteiger partial charge in [-0.1, -0.05) is 26.7 Å². The Morgan fingerprint density at radius 1 is 1.30 bits per heavy atom. The number of hydrogen-bond donors (Lipinski definition) is 3. The second-order valence-electron chi connectivity index (χ2n) is 6.24. The number of hydrogen-bond acceptors (Lipinski definition) is 3. The lowest BCUT2D eigenvalue weighted by atomic mass is 9.78. The number of carbonyl (C=O) groups excluding carboxylic acids is 1. The Hall–Kier alpha value is -1.40. The molecule has 0 radical (unpaired) electrons. The van der Waals surface area contributed by atoms with Gasteiger partial charge >= 0.3 is 0 Å². The molecule has 1 aromatic heterocycles. The first-order valence-corrected chi connectivity index (χ1v) is 9.29. The van der Waals surface area contributed by atoms with Crippen LogP contribution in [0.2, 0.25) is 0 Å². The first-order valence-electron chi connectivity index (χ1n) is 8.06. The minimum absolute atomic E-state index is 0.217. The van der Waals surface area contributed by atoms with E-state index in [1.54, 1.807) is 17.4 Å². The van der Waals surface area contributed by atoms with Gasteiger partial charge in [0.1, 0.15) is 0 Å². The molecule has 0 unspecified atom stereocenters. The second-order valence-corrected chi connectivity index (χ2v) is 7.97. The van der Waals surface area contributed by atoms with E-state index in [0.29, 0.717) is 23.0 Å². The van der Waals surface area contributed by atoms with Crippen molar-refractivity contribution >= 4 is 40.7 Å². The maximum absolute atomic E-state index is 11.8. The summed E-state index contributed by atoms with van der Waals surface area (Å²) in [6, 6.07) is 4.40. The standard InChI is InChI=1S/C17H25N3OS2/c1-11-5-4-6-15(13(11)3)18-17(22)20-19-16(21)10-9-14-8-7-12(2)23-14/h7-11,13,15H,4-6H2,1-3H3,(H,19,21)(H2,18,20,22)/b10-9+/t11-,13+,15+/m1/s1.